The van der Waals surface area contributed by atoms with Gasteiger partial charge in [-0.2, -0.15) is 0 Å². The zero-order valence-corrected chi connectivity index (χ0v) is 12.2. The fourth-order valence-electron chi connectivity index (χ4n) is 2.58. The maximum atomic E-state index is 12.3. The number of halogens is 1. The van der Waals surface area contributed by atoms with Gasteiger partial charge in [0.15, 0.2) is 6.29 Å². The van der Waals surface area contributed by atoms with Crippen molar-refractivity contribution in [3.8, 4) is 0 Å². The van der Waals surface area contributed by atoms with Crippen molar-refractivity contribution in [2.75, 3.05) is 26.3 Å². The van der Waals surface area contributed by atoms with Gasteiger partial charge in [-0.1, -0.05) is 11.6 Å². The van der Waals surface area contributed by atoms with Crippen LogP contribution in [0.2, 0.25) is 5.02 Å². The van der Waals surface area contributed by atoms with E-state index in [-0.39, 0.29) is 12.5 Å². The fraction of sp³-hybridized carbons (Fsp3) is 0.333. The molecule has 110 valence electrons. The van der Waals surface area contributed by atoms with E-state index in [9.17, 15) is 9.59 Å². The largest absolute Gasteiger partial charge is 0.378 e. The summed E-state index contributed by atoms with van der Waals surface area (Å²) in [5, 5.41) is 1.34. The Labute approximate surface area is 127 Å². The molecule has 1 saturated heterocycles. The predicted molar refractivity (Wildman–Crippen MR) is 79.7 cm³/mol. The summed E-state index contributed by atoms with van der Waals surface area (Å²) in [5.41, 5.74) is 1.38. The fourth-order valence-corrected chi connectivity index (χ4v) is 2.75. The average molecular weight is 307 g/mol. The van der Waals surface area contributed by atoms with Crippen LogP contribution in [0.5, 0.6) is 0 Å². The molecule has 0 atom stereocenters. The van der Waals surface area contributed by atoms with E-state index in [0.29, 0.717) is 36.9 Å². The molecule has 5 nitrogen and oxygen atoms in total. The minimum absolute atomic E-state index is 0.0302. The van der Waals surface area contributed by atoms with Crippen molar-refractivity contribution >= 4 is 34.7 Å². The van der Waals surface area contributed by atoms with E-state index in [1.807, 2.05) is 6.07 Å². The van der Waals surface area contributed by atoms with Gasteiger partial charge in [-0.3, -0.25) is 9.59 Å². The third-order valence-corrected chi connectivity index (χ3v) is 3.91. The molecule has 0 spiro atoms. The van der Waals surface area contributed by atoms with Gasteiger partial charge in [0.25, 0.3) is 0 Å². The van der Waals surface area contributed by atoms with Crippen LogP contribution in [-0.2, 0) is 16.1 Å². The van der Waals surface area contributed by atoms with Crippen LogP contribution in [0.4, 0.5) is 0 Å². The normalized spacial score (nSPS) is 15.4. The third kappa shape index (κ3) is 2.80. The maximum absolute atomic E-state index is 12.3. The highest BCUT2D eigenvalue weighted by molar-refractivity contribution is 6.31. The number of hydrogen-bond donors (Lipinski definition) is 0. The zero-order valence-electron chi connectivity index (χ0n) is 11.4. The van der Waals surface area contributed by atoms with Crippen LogP contribution in [0.1, 0.15) is 10.4 Å². The van der Waals surface area contributed by atoms with E-state index in [1.54, 1.807) is 27.8 Å². The van der Waals surface area contributed by atoms with Gasteiger partial charge in [0.2, 0.25) is 5.91 Å². The first-order chi connectivity index (χ1) is 10.2. The minimum Gasteiger partial charge on any atom is -0.378 e. The van der Waals surface area contributed by atoms with Gasteiger partial charge in [-0.25, -0.2) is 0 Å². The molecule has 0 radical (unpaired) electrons. The third-order valence-electron chi connectivity index (χ3n) is 3.67. The lowest BCUT2D eigenvalue weighted by Crippen LogP contribution is -2.42. The molecule has 0 bridgehead atoms. The number of aldehydes is 1. The number of hydrogen-bond acceptors (Lipinski definition) is 3. The molecule has 0 aliphatic carbocycles. The molecule has 21 heavy (non-hydrogen) atoms. The SMILES string of the molecule is O=Cc1cn(CC(=O)N2CCOCC2)c2ccc(Cl)cc12. The monoisotopic (exact) mass is 306 g/mol. The number of morpholine rings is 1. The Hall–Kier alpha value is -1.85. The summed E-state index contributed by atoms with van der Waals surface area (Å²) in [6.45, 7) is 2.60. The summed E-state index contributed by atoms with van der Waals surface area (Å²) < 4.78 is 7.04. The summed E-state index contributed by atoms with van der Waals surface area (Å²) in [6.07, 6.45) is 2.49. The van der Waals surface area contributed by atoms with Crippen molar-refractivity contribution < 1.29 is 14.3 Å². The van der Waals surface area contributed by atoms with Gasteiger partial charge in [-0.05, 0) is 18.2 Å². The van der Waals surface area contributed by atoms with Gasteiger partial charge in [0.05, 0.1) is 13.2 Å². The zero-order chi connectivity index (χ0) is 14.8. The number of ether oxygens (including phenoxy) is 1. The van der Waals surface area contributed by atoms with Crippen LogP contribution in [0.25, 0.3) is 10.9 Å². The Morgan fingerprint density at radius 1 is 1.33 bits per heavy atom. The van der Waals surface area contributed by atoms with Crippen molar-refractivity contribution in [1.82, 2.24) is 9.47 Å². The van der Waals surface area contributed by atoms with Crippen LogP contribution in [0, 0.1) is 0 Å². The molecule has 1 aliphatic heterocycles. The topological polar surface area (TPSA) is 51.5 Å². The van der Waals surface area contributed by atoms with Gasteiger partial charge in [-0.15, -0.1) is 0 Å². The van der Waals surface area contributed by atoms with Gasteiger partial charge in [0.1, 0.15) is 6.54 Å². The maximum Gasteiger partial charge on any atom is 0.242 e. The first-order valence-corrected chi connectivity index (χ1v) is 7.16. The molecule has 2 heterocycles. The molecule has 6 heteroatoms. The Morgan fingerprint density at radius 3 is 2.81 bits per heavy atom. The summed E-state index contributed by atoms with van der Waals surface area (Å²) in [6, 6.07) is 5.34. The van der Waals surface area contributed by atoms with E-state index in [1.165, 1.54) is 0 Å². The highest BCUT2D eigenvalue weighted by atomic mass is 35.5. The second-order valence-electron chi connectivity index (χ2n) is 4.98. The number of nitrogens with zero attached hydrogens (tertiary/aromatic N) is 2. The molecule has 0 unspecified atom stereocenters. The molecule has 1 aromatic carbocycles. The number of aromatic nitrogens is 1. The second kappa shape index (κ2) is 5.87. The lowest BCUT2D eigenvalue weighted by Gasteiger charge is -2.27. The molecule has 0 saturated carbocycles. The van der Waals surface area contributed by atoms with Crippen molar-refractivity contribution in [2.24, 2.45) is 0 Å². The van der Waals surface area contributed by atoms with Crippen LogP contribution in [0.15, 0.2) is 24.4 Å². The van der Waals surface area contributed by atoms with E-state index < -0.39 is 0 Å². The Morgan fingerprint density at radius 2 is 2.10 bits per heavy atom. The lowest BCUT2D eigenvalue weighted by atomic mass is 10.2. The summed E-state index contributed by atoms with van der Waals surface area (Å²) >= 11 is 5.97. The van der Waals surface area contributed by atoms with Crippen LogP contribution >= 0.6 is 11.6 Å². The second-order valence-corrected chi connectivity index (χ2v) is 5.42. The molecule has 0 N–H and O–H groups in total. The number of carbonyl (C=O) groups is 2. The lowest BCUT2D eigenvalue weighted by molar-refractivity contribution is -0.135. The molecular formula is C15H15ClN2O3. The number of amides is 1. The molecule has 2 aromatic rings. The van der Waals surface area contributed by atoms with E-state index in [0.717, 1.165) is 17.2 Å². The Kier molecular flexibility index (Phi) is 3.94. The standard InChI is InChI=1S/C15H15ClN2O3/c16-12-1-2-14-13(7-12)11(10-19)8-18(14)9-15(20)17-3-5-21-6-4-17/h1-2,7-8,10H,3-6,9H2. The first kappa shape index (κ1) is 14.1. The van der Waals surface area contributed by atoms with Crippen molar-refractivity contribution in [2.45, 2.75) is 6.54 Å². The Balaban J connectivity index is 1.89. The molecular weight excluding hydrogens is 292 g/mol. The number of fused-ring (bicyclic) bond motifs is 1. The molecule has 1 amide bonds. The highest BCUT2D eigenvalue weighted by Crippen LogP contribution is 2.24. The first-order valence-electron chi connectivity index (χ1n) is 6.78. The predicted octanol–water partition coefficient (Wildman–Crippen LogP) is 1.97. The molecule has 1 aromatic heterocycles. The summed E-state index contributed by atoms with van der Waals surface area (Å²) in [4.78, 5) is 25.3. The Bertz CT molecular complexity index is 690. The number of carbonyl (C=O) groups excluding carboxylic acids is 2. The van der Waals surface area contributed by atoms with Gasteiger partial charge < -0.3 is 14.2 Å². The quantitative estimate of drug-likeness (QED) is 0.815. The average Bonchev–Trinajstić information content (AvgIpc) is 2.85. The van der Waals surface area contributed by atoms with E-state index >= 15 is 0 Å². The van der Waals surface area contributed by atoms with Crippen molar-refractivity contribution in [3.05, 3.63) is 35.0 Å². The van der Waals surface area contributed by atoms with E-state index in [4.69, 9.17) is 16.3 Å². The number of benzene rings is 1. The van der Waals surface area contributed by atoms with Crippen LogP contribution in [0.3, 0.4) is 0 Å². The minimum atomic E-state index is 0.0302. The van der Waals surface area contributed by atoms with Crippen LogP contribution in [-0.4, -0.2) is 48.0 Å². The number of rotatable bonds is 3. The van der Waals surface area contributed by atoms with Gasteiger partial charge in [0, 0.05) is 40.8 Å². The van der Waals surface area contributed by atoms with Gasteiger partial charge >= 0.3 is 0 Å². The smallest absolute Gasteiger partial charge is 0.242 e. The molecule has 1 aliphatic rings. The van der Waals surface area contributed by atoms with Crippen molar-refractivity contribution in [1.29, 1.82) is 0 Å². The van der Waals surface area contributed by atoms with Crippen LogP contribution < -0.4 is 0 Å². The highest BCUT2D eigenvalue weighted by Gasteiger charge is 2.18. The summed E-state index contributed by atoms with van der Waals surface area (Å²) in [5.74, 6) is 0.0302. The van der Waals surface area contributed by atoms with E-state index in [2.05, 4.69) is 0 Å². The molecule has 1 fully saturated rings. The summed E-state index contributed by atoms with van der Waals surface area (Å²) in [7, 11) is 0. The van der Waals surface area contributed by atoms with Crippen molar-refractivity contribution in [3.63, 3.8) is 0 Å². The molecule has 3 rings (SSSR count).